The standard InChI is InChI=1S/C28H57NO10/c1-5-6-7-8-9-11-31-13-15-33-17-19-35-21-23-37-25-26-38-24-22-36-20-18-34-16-14-32-12-10-29-27(30)39-28(2,3)4/h5-26H2,1-4H3,(H,29,30). The van der Waals surface area contributed by atoms with Gasteiger partial charge in [0.2, 0.25) is 0 Å². The third-order valence-electron chi connectivity index (χ3n) is 4.91. The molecule has 0 aliphatic heterocycles. The molecule has 0 saturated heterocycles. The molecule has 11 heteroatoms. The van der Waals surface area contributed by atoms with Crippen LogP contribution >= 0.6 is 0 Å². The summed E-state index contributed by atoms with van der Waals surface area (Å²) >= 11 is 0. The molecule has 0 aromatic rings. The Morgan fingerprint density at radius 2 is 0.821 bits per heavy atom. The molecule has 0 radical (unpaired) electrons. The lowest BCUT2D eigenvalue weighted by Crippen LogP contribution is -2.34. The van der Waals surface area contributed by atoms with Crippen LogP contribution in [0.15, 0.2) is 0 Å². The van der Waals surface area contributed by atoms with Crippen LogP contribution in [-0.4, -0.2) is 124 Å². The van der Waals surface area contributed by atoms with Gasteiger partial charge in [-0.25, -0.2) is 4.79 Å². The van der Waals surface area contributed by atoms with E-state index >= 15 is 0 Å². The van der Waals surface area contributed by atoms with Crippen molar-refractivity contribution in [3.8, 4) is 0 Å². The number of nitrogens with one attached hydrogen (secondary N) is 1. The summed E-state index contributed by atoms with van der Waals surface area (Å²) in [6, 6.07) is 0. The van der Waals surface area contributed by atoms with Gasteiger partial charge in [0.15, 0.2) is 0 Å². The molecule has 0 heterocycles. The molecule has 0 aliphatic carbocycles. The summed E-state index contributed by atoms with van der Waals surface area (Å²) in [5.74, 6) is 0. The lowest BCUT2D eigenvalue weighted by Gasteiger charge is -2.19. The largest absolute Gasteiger partial charge is 0.444 e. The number of carbonyl (C=O) groups is 1. The molecule has 0 fully saturated rings. The van der Waals surface area contributed by atoms with Crippen molar-refractivity contribution in [2.45, 2.75) is 65.4 Å². The van der Waals surface area contributed by atoms with E-state index in [1.807, 2.05) is 20.8 Å². The lowest BCUT2D eigenvalue weighted by atomic mass is 10.2. The van der Waals surface area contributed by atoms with Gasteiger partial charge in [0, 0.05) is 13.2 Å². The third kappa shape index (κ3) is 34.9. The van der Waals surface area contributed by atoms with Crippen molar-refractivity contribution >= 4 is 6.09 Å². The van der Waals surface area contributed by atoms with E-state index in [9.17, 15) is 4.79 Å². The number of ether oxygens (including phenoxy) is 9. The van der Waals surface area contributed by atoms with Crippen molar-refractivity contribution in [3.05, 3.63) is 0 Å². The zero-order chi connectivity index (χ0) is 28.7. The average Bonchev–Trinajstić information content (AvgIpc) is 2.88. The molecule has 0 aromatic heterocycles. The molecule has 1 amide bonds. The van der Waals surface area contributed by atoms with E-state index < -0.39 is 11.7 Å². The fraction of sp³-hybridized carbons (Fsp3) is 0.964. The molecule has 0 atom stereocenters. The van der Waals surface area contributed by atoms with Gasteiger partial charge < -0.3 is 47.9 Å². The summed E-state index contributed by atoms with van der Waals surface area (Å²) in [5.41, 5.74) is -0.503. The third-order valence-corrected chi connectivity index (χ3v) is 4.91. The normalized spacial score (nSPS) is 11.7. The van der Waals surface area contributed by atoms with E-state index in [1.54, 1.807) is 0 Å². The van der Waals surface area contributed by atoms with Crippen LogP contribution in [0.3, 0.4) is 0 Å². The first-order chi connectivity index (χ1) is 19.0. The summed E-state index contributed by atoms with van der Waals surface area (Å²) in [5, 5.41) is 2.63. The fourth-order valence-electron chi connectivity index (χ4n) is 2.99. The molecule has 0 unspecified atom stereocenters. The molecule has 0 rings (SSSR count). The van der Waals surface area contributed by atoms with Gasteiger partial charge in [-0.3, -0.25) is 0 Å². The minimum atomic E-state index is -0.503. The highest BCUT2D eigenvalue weighted by atomic mass is 16.6. The minimum Gasteiger partial charge on any atom is -0.444 e. The van der Waals surface area contributed by atoms with Crippen molar-refractivity contribution < 1.29 is 47.4 Å². The smallest absolute Gasteiger partial charge is 0.407 e. The summed E-state index contributed by atoms with van der Waals surface area (Å²) in [6.45, 7) is 16.7. The Bertz CT molecular complexity index is 505. The molecule has 0 aromatic carbocycles. The van der Waals surface area contributed by atoms with Crippen molar-refractivity contribution in [1.29, 1.82) is 0 Å². The van der Waals surface area contributed by atoms with E-state index in [1.165, 1.54) is 25.7 Å². The second-order valence-corrected chi connectivity index (χ2v) is 9.74. The molecule has 234 valence electrons. The second kappa shape index (κ2) is 29.9. The topological polar surface area (TPSA) is 112 Å². The van der Waals surface area contributed by atoms with Gasteiger partial charge in [-0.15, -0.1) is 0 Å². The van der Waals surface area contributed by atoms with Gasteiger partial charge in [-0.05, 0) is 27.2 Å². The number of amides is 1. The maximum atomic E-state index is 11.5. The first kappa shape index (κ1) is 38.0. The SMILES string of the molecule is CCCCCCCOCCOCCOCCOCCOCCOCCOCCOCCNC(=O)OC(C)(C)C. The average molecular weight is 568 g/mol. The van der Waals surface area contributed by atoms with Crippen molar-refractivity contribution in [1.82, 2.24) is 5.32 Å². The van der Waals surface area contributed by atoms with Gasteiger partial charge in [0.1, 0.15) is 5.60 Å². The number of carbonyl (C=O) groups excluding carboxylic acids is 1. The van der Waals surface area contributed by atoms with Gasteiger partial charge >= 0.3 is 6.09 Å². The highest BCUT2D eigenvalue weighted by molar-refractivity contribution is 5.67. The van der Waals surface area contributed by atoms with Crippen molar-refractivity contribution in [2.75, 3.05) is 112 Å². The van der Waals surface area contributed by atoms with Crippen molar-refractivity contribution in [3.63, 3.8) is 0 Å². The second-order valence-electron chi connectivity index (χ2n) is 9.74. The van der Waals surface area contributed by atoms with Crippen molar-refractivity contribution in [2.24, 2.45) is 0 Å². The maximum Gasteiger partial charge on any atom is 0.407 e. The molecule has 0 saturated carbocycles. The van der Waals surface area contributed by atoms with Gasteiger partial charge in [-0.1, -0.05) is 32.6 Å². The zero-order valence-electron chi connectivity index (χ0n) is 25.1. The monoisotopic (exact) mass is 567 g/mol. The number of unbranched alkanes of at least 4 members (excludes halogenated alkanes) is 4. The van der Waals surface area contributed by atoms with Gasteiger partial charge in [0.25, 0.3) is 0 Å². The number of hydrogen-bond donors (Lipinski definition) is 1. The molecule has 39 heavy (non-hydrogen) atoms. The number of alkyl carbamates (subject to hydrolysis) is 1. The summed E-state index contributed by atoms with van der Waals surface area (Å²) < 4.78 is 48.8. The molecule has 1 N–H and O–H groups in total. The van der Waals surface area contributed by atoms with Gasteiger partial charge in [-0.2, -0.15) is 0 Å². The minimum absolute atomic E-state index is 0.391. The molecule has 0 aliphatic rings. The first-order valence-electron chi connectivity index (χ1n) is 14.5. The maximum absolute atomic E-state index is 11.5. The van der Waals surface area contributed by atoms with E-state index in [2.05, 4.69) is 12.2 Å². The Labute approximate surface area is 236 Å². The Hall–Kier alpha value is -1.05. The lowest BCUT2D eigenvalue weighted by molar-refractivity contribution is -0.0231. The summed E-state index contributed by atoms with van der Waals surface area (Å²) in [6.07, 6.45) is 5.83. The highest BCUT2D eigenvalue weighted by Crippen LogP contribution is 2.06. The summed E-state index contributed by atoms with van der Waals surface area (Å²) in [4.78, 5) is 11.5. The number of rotatable bonds is 30. The Morgan fingerprint density at radius 3 is 1.18 bits per heavy atom. The Kier molecular flexibility index (Phi) is 29.1. The first-order valence-corrected chi connectivity index (χ1v) is 14.5. The van der Waals surface area contributed by atoms with Crippen LogP contribution in [0.5, 0.6) is 0 Å². The van der Waals surface area contributed by atoms with Crippen LogP contribution in [0.1, 0.15) is 59.8 Å². The van der Waals surface area contributed by atoms with Crippen LogP contribution in [0.4, 0.5) is 4.79 Å². The molecule has 0 spiro atoms. The molecule has 11 nitrogen and oxygen atoms in total. The highest BCUT2D eigenvalue weighted by Gasteiger charge is 2.15. The van der Waals surface area contributed by atoms with Crippen LogP contribution in [0, 0.1) is 0 Å². The molecule has 0 bridgehead atoms. The van der Waals surface area contributed by atoms with Crippen LogP contribution in [0.2, 0.25) is 0 Å². The van der Waals surface area contributed by atoms with Crippen LogP contribution in [-0.2, 0) is 42.6 Å². The van der Waals surface area contributed by atoms with Gasteiger partial charge in [0.05, 0.1) is 99.1 Å². The molecular weight excluding hydrogens is 510 g/mol. The fourth-order valence-corrected chi connectivity index (χ4v) is 2.99. The van der Waals surface area contributed by atoms with E-state index in [-0.39, 0.29) is 0 Å². The predicted octanol–water partition coefficient (Wildman–Crippen LogP) is 3.61. The van der Waals surface area contributed by atoms with E-state index in [0.29, 0.717) is 106 Å². The number of hydrogen-bond acceptors (Lipinski definition) is 10. The predicted molar refractivity (Wildman–Crippen MR) is 150 cm³/mol. The van der Waals surface area contributed by atoms with E-state index in [4.69, 9.17) is 42.6 Å². The zero-order valence-corrected chi connectivity index (χ0v) is 25.1. The van der Waals surface area contributed by atoms with Crippen LogP contribution < -0.4 is 5.32 Å². The summed E-state index contributed by atoms with van der Waals surface area (Å²) in [7, 11) is 0. The molecular formula is C28H57NO10. The Morgan fingerprint density at radius 1 is 0.487 bits per heavy atom. The quantitative estimate of drug-likeness (QED) is 0.129. The van der Waals surface area contributed by atoms with Crippen LogP contribution in [0.25, 0.3) is 0 Å². The Balaban J connectivity index is 3.09. The van der Waals surface area contributed by atoms with E-state index in [0.717, 1.165) is 13.0 Å².